The van der Waals surface area contributed by atoms with Crippen LogP contribution < -0.4 is 4.74 Å². The fourth-order valence-corrected chi connectivity index (χ4v) is 1.67. The summed E-state index contributed by atoms with van der Waals surface area (Å²) in [5.41, 5.74) is 1.43. The SMILES string of the molecule is N#Cc1ccc(COc2ccc(C#CCO)cc2)c(F)c1. The summed E-state index contributed by atoms with van der Waals surface area (Å²) in [4.78, 5) is 0. The molecule has 0 aromatic heterocycles. The number of ether oxygens (including phenoxy) is 1. The number of hydrogen-bond acceptors (Lipinski definition) is 3. The molecule has 0 heterocycles. The molecule has 2 aromatic carbocycles. The summed E-state index contributed by atoms with van der Waals surface area (Å²) in [6, 6.07) is 13.1. The molecule has 0 fully saturated rings. The van der Waals surface area contributed by atoms with Gasteiger partial charge in [-0.3, -0.25) is 0 Å². The van der Waals surface area contributed by atoms with Gasteiger partial charge in [-0.05, 0) is 36.4 Å². The van der Waals surface area contributed by atoms with Crippen LogP contribution in [-0.2, 0) is 6.61 Å². The molecule has 0 saturated heterocycles. The lowest BCUT2D eigenvalue weighted by atomic mass is 10.1. The molecule has 2 aromatic rings. The molecule has 0 spiro atoms. The first-order valence-electron chi connectivity index (χ1n) is 6.24. The van der Waals surface area contributed by atoms with Crippen molar-refractivity contribution >= 4 is 0 Å². The average molecular weight is 281 g/mol. The van der Waals surface area contributed by atoms with Crippen LogP contribution >= 0.6 is 0 Å². The van der Waals surface area contributed by atoms with Gasteiger partial charge in [0, 0.05) is 11.1 Å². The maximum atomic E-state index is 13.7. The first-order chi connectivity index (χ1) is 10.2. The lowest BCUT2D eigenvalue weighted by Crippen LogP contribution is -1.99. The van der Waals surface area contributed by atoms with Crippen molar-refractivity contribution in [3.8, 4) is 23.7 Å². The Balaban J connectivity index is 2.01. The molecule has 4 heteroatoms. The van der Waals surface area contributed by atoms with E-state index in [2.05, 4.69) is 11.8 Å². The highest BCUT2D eigenvalue weighted by atomic mass is 19.1. The summed E-state index contributed by atoms with van der Waals surface area (Å²) in [5.74, 6) is 5.45. The third-order valence-corrected chi connectivity index (χ3v) is 2.74. The van der Waals surface area contributed by atoms with E-state index in [0.29, 0.717) is 11.3 Å². The van der Waals surface area contributed by atoms with Crippen LogP contribution in [0, 0.1) is 29.0 Å². The van der Waals surface area contributed by atoms with Gasteiger partial charge in [0.2, 0.25) is 0 Å². The van der Waals surface area contributed by atoms with E-state index in [9.17, 15) is 4.39 Å². The number of nitriles is 1. The monoisotopic (exact) mass is 281 g/mol. The van der Waals surface area contributed by atoms with Crippen molar-refractivity contribution in [3.05, 3.63) is 65.0 Å². The first kappa shape index (κ1) is 14.6. The number of aliphatic hydroxyl groups is 1. The Morgan fingerprint density at radius 1 is 1.10 bits per heavy atom. The van der Waals surface area contributed by atoms with Crippen molar-refractivity contribution in [2.24, 2.45) is 0 Å². The number of aliphatic hydroxyl groups excluding tert-OH is 1. The molecule has 0 aliphatic rings. The molecule has 0 aliphatic heterocycles. The Bertz CT molecular complexity index is 721. The van der Waals surface area contributed by atoms with Crippen LogP contribution in [-0.4, -0.2) is 11.7 Å². The molecule has 1 N–H and O–H groups in total. The van der Waals surface area contributed by atoms with Crippen molar-refractivity contribution < 1.29 is 14.2 Å². The Hall–Kier alpha value is -2.82. The van der Waals surface area contributed by atoms with E-state index in [1.54, 1.807) is 30.3 Å². The highest BCUT2D eigenvalue weighted by Gasteiger charge is 2.04. The fraction of sp³-hybridized carbons (Fsp3) is 0.118. The van der Waals surface area contributed by atoms with Gasteiger partial charge in [-0.15, -0.1) is 0 Å². The zero-order chi connectivity index (χ0) is 15.1. The van der Waals surface area contributed by atoms with Gasteiger partial charge in [0.25, 0.3) is 0 Å². The number of benzene rings is 2. The molecule has 21 heavy (non-hydrogen) atoms. The predicted molar refractivity (Wildman–Crippen MR) is 75.9 cm³/mol. The van der Waals surface area contributed by atoms with Gasteiger partial charge in [-0.1, -0.05) is 17.9 Å². The third-order valence-electron chi connectivity index (χ3n) is 2.74. The molecule has 0 unspecified atom stereocenters. The summed E-state index contributed by atoms with van der Waals surface area (Å²) in [5, 5.41) is 17.3. The quantitative estimate of drug-likeness (QED) is 0.880. The minimum absolute atomic E-state index is 0.0825. The molecule has 3 nitrogen and oxygen atoms in total. The van der Waals surface area contributed by atoms with E-state index in [0.717, 1.165) is 5.56 Å². The van der Waals surface area contributed by atoms with Gasteiger partial charge in [0.1, 0.15) is 24.8 Å². The van der Waals surface area contributed by atoms with Crippen LogP contribution in [0.1, 0.15) is 16.7 Å². The smallest absolute Gasteiger partial charge is 0.131 e. The Kier molecular flexibility index (Phi) is 4.93. The second-order valence-electron chi connectivity index (χ2n) is 4.19. The van der Waals surface area contributed by atoms with Crippen molar-refractivity contribution in [1.82, 2.24) is 0 Å². The Morgan fingerprint density at radius 2 is 1.81 bits per heavy atom. The minimum atomic E-state index is -0.459. The van der Waals surface area contributed by atoms with Gasteiger partial charge >= 0.3 is 0 Å². The van der Waals surface area contributed by atoms with Crippen LogP contribution in [0.3, 0.4) is 0 Å². The lowest BCUT2D eigenvalue weighted by Gasteiger charge is -2.07. The number of nitrogens with zero attached hydrogens (tertiary/aromatic N) is 1. The Morgan fingerprint density at radius 3 is 2.43 bits per heavy atom. The molecule has 0 atom stereocenters. The van der Waals surface area contributed by atoms with Gasteiger partial charge in [-0.2, -0.15) is 5.26 Å². The standard InChI is InChI=1S/C17H12FNO2/c18-17-10-14(11-19)3-6-15(17)12-21-16-7-4-13(5-8-16)2-1-9-20/h3-8,10,20H,9,12H2. The van der Waals surface area contributed by atoms with E-state index in [1.807, 2.05) is 6.07 Å². The van der Waals surface area contributed by atoms with Crippen LogP contribution in [0.4, 0.5) is 4.39 Å². The number of rotatable bonds is 3. The maximum absolute atomic E-state index is 13.7. The normalized spacial score (nSPS) is 9.38. The van der Waals surface area contributed by atoms with E-state index < -0.39 is 5.82 Å². The topological polar surface area (TPSA) is 53.2 Å². The van der Waals surface area contributed by atoms with Crippen LogP contribution in [0.2, 0.25) is 0 Å². The molecule has 104 valence electrons. The van der Waals surface area contributed by atoms with E-state index in [4.69, 9.17) is 15.1 Å². The van der Waals surface area contributed by atoms with Crippen LogP contribution in [0.15, 0.2) is 42.5 Å². The zero-order valence-electron chi connectivity index (χ0n) is 11.1. The first-order valence-corrected chi connectivity index (χ1v) is 6.24. The summed E-state index contributed by atoms with van der Waals surface area (Å²) >= 11 is 0. The third kappa shape index (κ3) is 4.07. The molecular formula is C17H12FNO2. The highest BCUT2D eigenvalue weighted by Crippen LogP contribution is 2.16. The van der Waals surface area contributed by atoms with Crippen LogP contribution in [0.5, 0.6) is 5.75 Å². The number of hydrogen-bond donors (Lipinski definition) is 1. The molecule has 0 bridgehead atoms. The average Bonchev–Trinajstić information content (AvgIpc) is 2.52. The second-order valence-corrected chi connectivity index (χ2v) is 4.19. The van der Waals surface area contributed by atoms with E-state index in [1.165, 1.54) is 12.1 Å². The summed E-state index contributed by atoms with van der Waals surface area (Å²) < 4.78 is 19.2. The van der Waals surface area contributed by atoms with E-state index >= 15 is 0 Å². The second kappa shape index (κ2) is 7.09. The molecule has 2 rings (SSSR count). The van der Waals surface area contributed by atoms with Crippen molar-refractivity contribution in [2.45, 2.75) is 6.61 Å². The van der Waals surface area contributed by atoms with Crippen LogP contribution in [0.25, 0.3) is 0 Å². The molecule has 0 saturated carbocycles. The largest absolute Gasteiger partial charge is 0.489 e. The molecular weight excluding hydrogens is 269 g/mol. The van der Waals surface area contributed by atoms with Crippen molar-refractivity contribution in [1.29, 1.82) is 5.26 Å². The molecule has 0 aliphatic carbocycles. The Labute approximate surface area is 122 Å². The zero-order valence-corrected chi connectivity index (χ0v) is 11.1. The van der Waals surface area contributed by atoms with Crippen molar-refractivity contribution in [2.75, 3.05) is 6.61 Å². The summed E-state index contributed by atoms with van der Waals surface area (Å²) in [6.07, 6.45) is 0. The molecule has 0 amide bonds. The number of halogens is 1. The fourth-order valence-electron chi connectivity index (χ4n) is 1.67. The predicted octanol–water partition coefficient (Wildman–Crippen LogP) is 2.62. The summed E-state index contributed by atoms with van der Waals surface area (Å²) in [6.45, 7) is -0.102. The minimum Gasteiger partial charge on any atom is -0.489 e. The van der Waals surface area contributed by atoms with Gasteiger partial charge in [-0.25, -0.2) is 4.39 Å². The highest BCUT2D eigenvalue weighted by molar-refractivity contribution is 5.38. The van der Waals surface area contributed by atoms with E-state index in [-0.39, 0.29) is 18.8 Å². The maximum Gasteiger partial charge on any atom is 0.131 e. The summed E-state index contributed by atoms with van der Waals surface area (Å²) in [7, 11) is 0. The van der Waals surface area contributed by atoms with Gasteiger partial charge in [0.05, 0.1) is 11.6 Å². The van der Waals surface area contributed by atoms with Gasteiger partial charge in [0.15, 0.2) is 0 Å². The lowest BCUT2D eigenvalue weighted by molar-refractivity contribution is 0.300. The molecule has 0 radical (unpaired) electrons. The van der Waals surface area contributed by atoms with Crippen molar-refractivity contribution in [3.63, 3.8) is 0 Å². The van der Waals surface area contributed by atoms with Gasteiger partial charge < -0.3 is 9.84 Å².